The van der Waals surface area contributed by atoms with Crippen molar-refractivity contribution in [3.63, 3.8) is 0 Å². The number of nitrogen functional groups attached to an aromatic ring is 2. The Bertz CT molecular complexity index is 714. The summed E-state index contributed by atoms with van der Waals surface area (Å²) in [6.07, 6.45) is 2.36. The second-order valence-electron chi connectivity index (χ2n) is 6.97. The average molecular weight is 372 g/mol. The molecule has 27 heavy (non-hydrogen) atoms. The van der Waals surface area contributed by atoms with E-state index in [1.807, 2.05) is 24.3 Å². The third-order valence-corrected chi connectivity index (χ3v) is 4.70. The predicted octanol–water partition coefficient (Wildman–Crippen LogP) is 4.92. The van der Waals surface area contributed by atoms with Crippen LogP contribution >= 0.6 is 0 Å². The largest absolute Gasteiger partial charge is 0.489 e. The number of hydrogen-bond acceptors (Lipinski definition) is 5. The molecule has 0 fully saturated rings. The third-order valence-electron chi connectivity index (χ3n) is 4.70. The van der Waals surface area contributed by atoms with Crippen molar-refractivity contribution in [2.75, 3.05) is 24.6 Å². The minimum Gasteiger partial charge on any atom is -0.489 e. The summed E-state index contributed by atoms with van der Waals surface area (Å²) in [4.78, 5) is 2.49. The SMILES string of the molecule is CCCN(CCC)C(C)C(C)Oc1cccc(Oc2ccc(N)c(N)c2)c1. The summed E-state index contributed by atoms with van der Waals surface area (Å²) in [5.74, 6) is 2.15. The predicted molar refractivity (Wildman–Crippen MR) is 113 cm³/mol. The summed E-state index contributed by atoms with van der Waals surface area (Å²) in [5, 5.41) is 0. The van der Waals surface area contributed by atoms with Gasteiger partial charge in [0.15, 0.2) is 0 Å². The minimum absolute atomic E-state index is 0.0746. The number of ether oxygens (including phenoxy) is 2. The monoisotopic (exact) mass is 371 g/mol. The highest BCUT2D eigenvalue weighted by atomic mass is 16.5. The van der Waals surface area contributed by atoms with Crippen LogP contribution in [0.25, 0.3) is 0 Å². The van der Waals surface area contributed by atoms with E-state index in [9.17, 15) is 0 Å². The molecule has 2 rings (SSSR count). The van der Waals surface area contributed by atoms with Gasteiger partial charge in [-0.1, -0.05) is 19.9 Å². The molecule has 148 valence electrons. The van der Waals surface area contributed by atoms with Crippen molar-refractivity contribution < 1.29 is 9.47 Å². The maximum absolute atomic E-state index is 6.20. The zero-order chi connectivity index (χ0) is 19.8. The summed E-state index contributed by atoms with van der Waals surface area (Å²) in [6, 6.07) is 13.3. The topological polar surface area (TPSA) is 73.7 Å². The molecule has 0 aliphatic heterocycles. The van der Waals surface area contributed by atoms with E-state index in [0.29, 0.717) is 28.9 Å². The summed E-state index contributed by atoms with van der Waals surface area (Å²) in [6.45, 7) is 11.0. The van der Waals surface area contributed by atoms with Crippen LogP contribution in [-0.2, 0) is 0 Å². The molecule has 0 radical (unpaired) electrons. The molecule has 0 saturated carbocycles. The van der Waals surface area contributed by atoms with E-state index in [2.05, 4.69) is 32.6 Å². The summed E-state index contributed by atoms with van der Waals surface area (Å²) < 4.78 is 12.1. The molecular weight excluding hydrogens is 338 g/mol. The van der Waals surface area contributed by atoms with Crippen LogP contribution in [0.4, 0.5) is 11.4 Å². The first-order valence-corrected chi connectivity index (χ1v) is 9.78. The Labute approximate surface area is 163 Å². The van der Waals surface area contributed by atoms with Crippen LogP contribution in [0.5, 0.6) is 17.2 Å². The molecule has 2 atom stereocenters. The molecule has 4 N–H and O–H groups in total. The molecule has 0 aromatic heterocycles. The third kappa shape index (κ3) is 6.07. The molecule has 0 aliphatic rings. The van der Waals surface area contributed by atoms with Gasteiger partial charge in [-0.15, -0.1) is 0 Å². The molecule has 2 aromatic rings. The van der Waals surface area contributed by atoms with Crippen molar-refractivity contribution in [2.45, 2.75) is 52.7 Å². The first-order chi connectivity index (χ1) is 12.9. The lowest BCUT2D eigenvalue weighted by Crippen LogP contribution is -2.43. The van der Waals surface area contributed by atoms with E-state index in [-0.39, 0.29) is 6.10 Å². The van der Waals surface area contributed by atoms with Crippen LogP contribution < -0.4 is 20.9 Å². The first-order valence-electron chi connectivity index (χ1n) is 9.78. The van der Waals surface area contributed by atoms with E-state index in [1.54, 1.807) is 18.2 Å². The lowest BCUT2D eigenvalue weighted by atomic mass is 10.1. The maximum atomic E-state index is 6.20. The molecule has 0 aliphatic carbocycles. The molecule has 0 spiro atoms. The fourth-order valence-electron chi connectivity index (χ4n) is 3.07. The second kappa shape index (κ2) is 10.1. The van der Waals surface area contributed by atoms with Gasteiger partial charge in [0.1, 0.15) is 23.4 Å². The van der Waals surface area contributed by atoms with Gasteiger partial charge >= 0.3 is 0 Å². The van der Waals surface area contributed by atoms with E-state index in [0.717, 1.165) is 31.7 Å². The van der Waals surface area contributed by atoms with Gasteiger partial charge < -0.3 is 20.9 Å². The lowest BCUT2D eigenvalue weighted by molar-refractivity contribution is 0.0871. The maximum Gasteiger partial charge on any atom is 0.131 e. The van der Waals surface area contributed by atoms with Crippen LogP contribution in [0.1, 0.15) is 40.5 Å². The molecule has 2 aromatic carbocycles. The van der Waals surface area contributed by atoms with E-state index in [1.165, 1.54) is 0 Å². The molecule has 0 bridgehead atoms. The normalized spacial score (nSPS) is 13.4. The Morgan fingerprint density at radius 2 is 1.48 bits per heavy atom. The number of rotatable bonds is 10. The quantitative estimate of drug-likeness (QED) is 0.580. The molecule has 0 amide bonds. The molecule has 0 saturated heterocycles. The van der Waals surface area contributed by atoms with Gasteiger partial charge in [0.2, 0.25) is 0 Å². The highest BCUT2D eigenvalue weighted by molar-refractivity contribution is 5.65. The van der Waals surface area contributed by atoms with Gasteiger partial charge in [0.25, 0.3) is 0 Å². The number of nitrogens with zero attached hydrogens (tertiary/aromatic N) is 1. The molecule has 5 nitrogen and oxygen atoms in total. The van der Waals surface area contributed by atoms with E-state index < -0.39 is 0 Å². The Balaban J connectivity index is 2.04. The van der Waals surface area contributed by atoms with Crippen LogP contribution in [0.3, 0.4) is 0 Å². The lowest BCUT2D eigenvalue weighted by Gasteiger charge is -2.33. The van der Waals surface area contributed by atoms with Gasteiger partial charge in [-0.3, -0.25) is 4.90 Å². The number of nitrogens with two attached hydrogens (primary N) is 2. The summed E-state index contributed by atoms with van der Waals surface area (Å²) >= 11 is 0. The van der Waals surface area contributed by atoms with Crippen LogP contribution in [0.15, 0.2) is 42.5 Å². The molecule has 0 heterocycles. The standard InChI is InChI=1S/C22H33N3O2/c1-5-12-25(13-6-2)16(3)17(4)26-18-8-7-9-19(14-18)27-20-10-11-21(23)22(24)15-20/h7-11,14-17H,5-6,12-13,23-24H2,1-4H3. The van der Waals surface area contributed by atoms with Gasteiger partial charge in [-0.2, -0.15) is 0 Å². The van der Waals surface area contributed by atoms with Gasteiger partial charge in [0.05, 0.1) is 11.4 Å². The van der Waals surface area contributed by atoms with Crippen LogP contribution in [-0.4, -0.2) is 30.1 Å². The Kier molecular flexibility index (Phi) is 7.80. The number of benzene rings is 2. The molecular formula is C22H33N3O2. The highest BCUT2D eigenvalue weighted by Crippen LogP contribution is 2.29. The van der Waals surface area contributed by atoms with Crippen molar-refractivity contribution in [1.82, 2.24) is 4.90 Å². The van der Waals surface area contributed by atoms with E-state index >= 15 is 0 Å². The summed E-state index contributed by atoms with van der Waals surface area (Å²) in [7, 11) is 0. The molecule has 5 heteroatoms. The van der Waals surface area contributed by atoms with Crippen molar-refractivity contribution in [3.8, 4) is 17.2 Å². The van der Waals surface area contributed by atoms with Gasteiger partial charge in [0, 0.05) is 18.2 Å². The van der Waals surface area contributed by atoms with Gasteiger partial charge in [-0.05, 0) is 64.0 Å². The number of hydrogen-bond donors (Lipinski definition) is 2. The fraction of sp³-hybridized carbons (Fsp3) is 0.455. The first kappa shape index (κ1) is 20.9. The van der Waals surface area contributed by atoms with E-state index in [4.69, 9.17) is 20.9 Å². The zero-order valence-corrected chi connectivity index (χ0v) is 16.9. The minimum atomic E-state index is 0.0746. The summed E-state index contributed by atoms with van der Waals surface area (Å²) in [5.41, 5.74) is 12.7. The van der Waals surface area contributed by atoms with Crippen molar-refractivity contribution >= 4 is 11.4 Å². The Hall–Kier alpha value is -2.40. The van der Waals surface area contributed by atoms with Crippen molar-refractivity contribution in [2.24, 2.45) is 0 Å². The smallest absolute Gasteiger partial charge is 0.131 e. The zero-order valence-electron chi connectivity index (χ0n) is 16.9. The van der Waals surface area contributed by atoms with Crippen LogP contribution in [0, 0.1) is 0 Å². The Morgan fingerprint density at radius 3 is 2.11 bits per heavy atom. The fourth-order valence-corrected chi connectivity index (χ4v) is 3.07. The second-order valence-corrected chi connectivity index (χ2v) is 6.97. The highest BCUT2D eigenvalue weighted by Gasteiger charge is 2.20. The van der Waals surface area contributed by atoms with Crippen molar-refractivity contribution in [3.05, 3.63) is 42.5 Å². The van der Waals surface area contributed by atoms with Crippen molar-refractivity contribution in [1.29, 1.82) is 0 Å². The van der Waals surface area contributed by atoms with Crippen LogP contribution in [0.2, 0.25) is 0 Å². The number of anilines is 2. The average Bonchev–Trinajstić information content (AvgIpc) is 2.64. The molecule has 2 unspecified atom stereocenters. The Morgan fingerprint density at radius 1 is 0.852 bits per heavy atom. The van der Waals surface area contributed by atoms with Gasteiger partial charge in [-0.25, -0.2) is 0 Å².